The molecule has 0 N–H and O–H groups in total. The molecule has 5 aliphatic rings. The summed E-state index contributed by atoms with van der Waals surface area (Å²) < 4.78 is 24.4. The topological polar surface area (TPSA) is 60.6 Å². The molecule has 2 bridgehead atoms. The first-order valence-corrected chi connectivity index (χ1v) is 8.85. The highest BCUT2D eigenvalue weighted by Crippen LogP contribution is 2.74. The van der Waals surface area contributed by atoms with Gasteiger partial charge in [-0.15, -0.1) is 0 Å². The Hall–Kier alpha value is -1.17. The van der Waals surface area contributed by atoms with E-state index in [0.29, 0.717) is 13.0 Å². The van der Waals surface area contributed by atoms with Crippen LogP contribution in [0.2, 0.25) is 0 Å². The van der Waals surface area contributed by atoms with Gasteiger partial charge in [-0.1, -0.05) is 26.0 Å². The van der Waals surface area contributed by atoms with Gasteiger partial charge in [0, 0.05) is 23.3 Å². The van der Waals surface area contributed by atoms with E-state index in [9.17, 15) is 4.79 Å². The molecule has 0 aromatic heterocycles. The fourth-order valence-corrected chi connectivity index (χ4v) is 5.77. The van der Waals surface area contributed by atoms with Gasteiger partial charge in [0.2, 0.25) is 0 Å². The van der Waals surface area contributed by atoms with Crippen molar-refractivity contribution in [3.05, 3.63) is 23.8 Å². The number of ether oxygens (including phenoxy) is 4. The minimum atomic E-state index is -0.339. The maximum atomic E-state index is 12.1. The van der Waals surface area contributed by atoms with Crippen molar-refractivity contribution in [2.75, 3.05) is 6.61 Å². The summed E-state index contributed by atoms with van der Waals surface area (Å²) in [5.41, 5.74) is 0.332. The summed E-state index contributed by atoms with van der Waals surface area (Å²) in [5, 5.41) is 0. The molecule has 8 atom stereocenters. The Morgan fingerprint density at radius 1 is 1.38 bits per heavy atom. The number of rotatable bonds is 2. The summed E-state index contributed by atoms with van der Waals surface area (Å²) in [4.78, 5) is 12.1. The maximum Gasteiger partial charge on any atom is 0.330 e. The molecule has 3 heterocycles. The number of carbonyl (C=O) groups excluding carboxylic acids is 1. The third kappa shape index (κ3) is 1.46. The molecule has 1 saturated carbocycles. The molecule has 0 aromatic rings. The van der Waals surface area contributed by atoms with Gasteiger partial charge in [0.25, 0.3) is 0 Å². The van der Waals surface area contributed by atoms with E-state index in [1.165, 1.54) is 11.6 Å². The SMILES string of the molecule is CC=CC(=O)O[C@@H]1C[C@H]2O[C@@H]3C=C(C)[C@@H]4O[C@@H]4[C@]3(C)[C@]1(C)[C@@]21CO1. The van der Waals surface area contributed by atoms with Crippen molar-refractivity contribution in [1.82, 2.24) is 0 Å². The average Bonchev–Trinajstić information content (AvgIpc) is 3.40. The third-order valence-corrected chi connectivity index (χ3v) is 7.45. The quantitative estimate of drug-likeness (QED) is 0.336. The van der Waals surface area contributed by atoms with Gasteiger partial charge < -0.3 is 18.9 Å². The molecule has 130 valence electrons. The summed E-state index contributed by atoms with van der Waals surface area (Å²) in [6.07, 6.45) is 6.12. The van der Waals surface area contributed by atoms with E-state index >= 15 is 0 Å². The Balaban J connectivity index is 1.60. The van der Waals surface area contributed by atoms with Crippen LogP contribution in [-0.2, 0) is 23.7 Å². The van der Waals surface area contributed by atoms with Crippen LogP contribution in [0.1, 0.15) is 34.1 Å². The zero-order chi connectivity index (χ0) is 16.9. The maximum absolute atomic E-state index is 12.1. The minimum Gasteiger partial charge on any atom is -0.458 e. The summed E-state index contributed by atoms with van der Waals surface area (Å²) in [6.45, 7) is 9.05. The van der Waals surface area contributed by atoms with Gasteiger partial charge in [0.15, 0.2) is 0 Å². The highest BCUT2D eigenvalue weighted by molar-refractivity contribution is 5.82. The second-order valence-corrected chi connectivity index (χ2v) is 8.26. The Morgan fingerprint density at radius 2 is 2.12 bits per heavy atom. The van der Waals surface area contributed by atoms with Gasteiger partial charge in [0.1, 0.15) is 17.8 Å². The standard InChI is InChI=1S/C19H24O5/c1-5-6-14(20)23-12-8-13-19(9-21-19)18(12,4)17(3)11(22-13)7-10(2)15-16(17)24-15/h5-7,11-13,15-16H,8-9H2,1-4H3/t11-,12-,13-,15+,16+,17-,18-,19-/m1/s1. The zero-order valence-electron chi connectivity index (χ0n) is 14.6. The second-order valence-electron chi connectivity index (χ2n) is 8.26. The van der Waals surface area contributed by atoms with Crippen molar-refractivity contribution in [2.45, 2.75) is 70.2 Å². The van der Waals surface area contributed by atoms with E-state index in [1.807, 2.05) is 6.92 Å². The number of epoxide rings is 2. The lowest BCUT2D eigenvalue weighted by atomic mass is 9.52. The monoisotopic (exact) mass is 332 g/mol. The highest BCUT2D eigenvalue weighted by Gasteiger charge is 2.85. The fourth-order valence-electron chi connectivity index (χ4n) is 5.77. The molecule has 24 heavy (non-hydrogen) atoms. The molecule has 5 nitrogen and oxygen atoms in total. The predicted octanol–water partition coefficient (Wildman–Crippen LogP) is 2.15. The molecule has 1 spiro atoms. The first-order valence-electron chi connectivity index (χ1n) is 8.85. The largest absolute Gasteiger partial charge is 0.458 e. The summed E-state index contributed by atoms with van der Waals surface area (Å²) in [5.74, 6) is -0.289. The molecule has 2 aliphatic carbocycles. The molecule has 3 aliphatic heterocycles. The van der Waals surface area contributed by atoms with Gasteiger partial charge >= 0.3 is 5.97 Å². The van der Waals surface area contributed by atoms with Crippen LogP contribution in [0.5, 0.6) is 0 Å². The molecule has 0 unspecified atom stereocenters. The van der Waals surface area contributed by atoms with Crippen LogP contribution < -0.4 is 0 Å². The Bertz CT molecular complexity index is 677. The molecule has 0 amide bonds. The van der Waals surface area contributed by atoms with Gasteiger partial charge in [-0.3, -0.25) is 0 Å². The number of carbonyl (C=O) groups is 1. The van der Waals surface area contributed by atoms with Crippen molar-refractivity contribution in [2.24, 2.45) is 10.8 Å². The van der Waals surface area contributed by atoms with E-state index in [-0.39, 0.29) is 52.9 Å². The second kappa shape index (κ2) is 4.32. The molecule has 3 saturated heterocycles. The predicted molar refractivity (Wildman–Crippen MR) is 85.3 cm³/mol. The van der Waals surface area contributed by atoms with Crippen LogP contribution in [-0.4, -0.2) is 48.7 Å². The molecule has 0 aromatic carbocycles. The first kappa shape index (κ1) is 15.1. The lowest BCUT2D eigenvalue weighted by Gasteiger charge is -2.56. The lowest BCUT2D eigenvalue weighted by Crippen LogP contribution is -2.66. The zero-order valence-corrected chi connectivity index (χ0v) is 14.6. The van der Waals surface area contributed by atoms with Gasteiger partial charge in [-0.25, -0.2) is 4.79 Å². The fraction of sp³-hybridized carbons (Fsp3) is 0.737. The smallest absolute Gasteiger partial charge is 0.330 e. The van der Waals surface area contributed by atoms with E-state index < -0.39 is 0 Å². The van der Waals surface area contributed by atoms with Gasteiger partial charge in [-0.05, 0) is 19.4 Å². The van der Waals surface area contributed by atoms with Crippen molar-refractivity contribution in [3.8, 4) is 0 Å². The van der Waals surface area contributed by atoms with Gasteiger partial charge in [-0.2, -0.15) is 0 Å². The Morgan fingerprint density at radius 3 is 2.79 bits per heavy atom. The number of hydrogen-bond acceptors (Lipinski definition) is 5. The van der Waals surface area contributed by atoms with Crippen LogP contribution in [0.3, 0.4) is 0 Å². The average molecular weight is 332 g/mol. The van der Waals surface area contributed by atoms with Crippen LogP contribution in [0, 0.1) is 10.8 Å². The van der Waals surface area contributed by atoms with E-state index in [4.69, 9.17) is 18.9 Å². The minimum absolute atomic E-state index is 0.0171. The molecule has 4 fully saturated rings. The lowest BCUT2D eigenvalue weighted by molar-refractivity contribution is -0.212. The molecule has 5 heteroatoms. The number of esters is 1. The van der Waals surface area contributed by atoms with Crippen molar-refractivity contribution < 1.29 is 23.7 Å². The van der Waals surface area contributed by atoms with E-state index in [0.717, 1.165) is 0 Å². The third-order valence-electron chi connectivity index (χ3n) is 7.45. The van der Waals surface area contributed by atoms with Gasteiger partial charge in [0.05, 0.1) is 24.9 Å². The Kier molecular flexibility index (Phi) is 2.72. The molecular formula is C19H24O5. The molecule has 5 rings (SSSR count). The van der Waals surface area contributed by atoms with Crippen LogP contribution in [0.15, 0.2) is 23.8 Å². The van der Waals surface area contributed by atoms with Crippen molar-refractivity contribution in [3.63, 3.8) is 0 Å². The number of fused-ring (bicyclic) bond motifs is 4. The highest BCUT2D eigenvalue weighted by atomic mass is 16.6. The summed E-state index contributed by atoms with van der Waals surface area (Å²) in [6, 6.07) is 0. The van der Waals surface area contributed by atoms with E-state index in [2.05, 4.69) is 26.8 Å². The molecular weight excluding hydrogens is 308 g/mol. The summed E-state index contributed by atoms with van der Waals surface area (Å²) in [7, 11) is 0. The number of hydrogen-bond donors (Lipinski definition) is 0. The van der Waals surface area contributed by atoms with E-state index in [1.54, 1.807) is 6.08 Å². The normalized spacial score (nSPS) is 56.7. The van der Waals surface area contributed by atoms with Crippen molar-refractivity contribution in [1.29, 1.82) is 0 Å². The van der Waals surface area contributed by atoms with Crippen LogP contribution >= 0.6 is 0 Å². The Labute approximate surface area is 142 Å². The summed E-state index contributed by atoms with van der Waals surface area (Å²) >= 11 is 0. The first-order chi connectivity index (χ1) is 11.4. The van der Waals surface area contributed by atoms with Crippen LogP contribution in [0.25, 0.3) is 0 Å². The molecule has 0 radical (unpaired) electrons. The van der Waals surface area contributed by atoms with Crippen molar-refractivity contribution >= 4 is 5.97 Å². The number of allylic oxidation sites excluding steroid dienone is 1. The van der Waals surface area contributed by atoms with Crippen LogP contribution in [0.4, 0.5) is 0 Å².